The highest BCUT2D eigenvalue weighted by Crippen LogP contribution is 2.19. The van der Waals surface area contributed by atoms with Crippen LogP contribution in [0.3, 0.4) is 0 Å². The number of nitrogens with zero attached hydrogens (tertiary/aromatic N) is 1. The molecule has 3 aromatic rings. The Morgan fingerprint density at radius 3 is 2.83 bits per heavy atom. The van der Waals surface area contributed by atoms with Crippen molar-refractivity contribution in [3.05, 3.63) is 60.2 Å². The number of ether oxygens (including phenoxy) is 1. The van der Waals surface area contributed by atoms with E-state index in [4.69, 9.17) is 13.6 Å². The molecule has 2 aromatic heterocycles. The summed E-state index contributed by atoms with van der Waals surface area (Å²) in [7, 11) is 1.95. The van der Waals surface area contributed by atoms with Gasteiger partial charge in [0, 0.05) is 11.9 Å². The lowest BCUT2D eigenvalue weighted by atomic mass is 10.2. The van der Waals surface area contributed by atoms with E-state index in [1.807, 2.05) is 54.4 Å². The van der Waals surface area contributed by atoms with E-state index in [2.05, 4.69) is 0 Å². The molecule has 3 rings (SSSR count). The predicted octanol–water partition coefficient (Wildman–Crippen LogP) is 3.04. The lowest BCUT2D eigenvalue weighted by Gasteiger charge is -2.19. The maximum atomic E-state index is 10.0. The number of likely N-dealkylation sites (N-methyl/N-ethyl adjacent to an activating group) is 1. The summed E-state index contributed by atoms with van der Waals surface area (Å²) in [6.45, 7) is 1.79. The summed E-state index contributed by atoms with van der Waals surface area (Å²) in [5.41, 5.74) is 0.887. The number of hydrogen-bond donors (Lipinski definition) is 1. The number of aliphatic hydroxyl groups is 1. The highest BCUT2D eigenvalue weighted by molar-refractivity contribution is 5.77. The molecular weight excluding hydrogens is 294 g/mol. The summed E-state index contributed by atoms with van der Waals surface area (Å²) in [5.74, 6) is 1.64. The van der Waals surface area contributed by atoms with Crippen molar-refractivity contribution >= 4 is 11.0 Å². The van der Waals surface area contributed by atoms with Gasteiger partial charge in [0.15, 0.2) is 0 Å². The number of benzene rings is 1. The molecule has 1 atom stereocenters. The number of aliphatic hydroxyl groups excluding tert-OH is 1. The van der Waals surface area contributed by atoms with Crippen molar-refractivity contribution in [3.8, 4) is 0 Å². The first kappa shape index (κ1) is 15.8. The van der Waals surface area contributed by atoms with Crippen LogP contribution in [0.1, 0.15) is 11.5 Å². The number of fused-ring (bicyclic) bond motifs is 1. The predicted molar refractivity (Wildman–Crippen MR) is 86.9 cm³/mol. The molecule has 0 bridgehead atoms. The number of furan rings is 2. The molecule has 23 heavy (non-hydrogen) atoms. The Bertz CT molecular complexity index is 687. The molecule has 0 radical (unpaired) electrons. The molecule has 0 aliphatic carbocycles. The minimum Gasteiger partial charge on any atom is -0.467 e. The zero-order valence-corrected chi connectivity index (χ0v) is 13.1. The van der Waals surface area contributed by atoms with Crippen LogP contribution in [0.25, 0.3) is 11.0 Å². The van der Waals surface area contributed by atoms with Crippen LogP contribution in [0.4, 0.5) is 0 Å². The van der Waals surface area contributed by atoms with Crippen molar-refractivity contribution in [2.75, 3.05) is 20.2 Å². The van der Waals surface area contributed by atoms with E-state index in [1.165, 1.54) is 0 Å². The van der Waals surface area contributed by atoms with E-state index >= 15 is 0 Å². The van der Waals surface area contributed by atoms with Crippen LogP contribution in [0.2, 0.25) is 0 Å². The molecule has 0 amide bonds. The van der Waals surface area contributed by atoms with Crippen LogP contribution in [0, 0.1) is 0 Å². The number of rotatable bonds is 8. The second-order valence-electron chi connectivity index (χ2n) is 5.70. The third kappa shape index (κ3) is 4.45. The SMILES string of the molecule is CN(Cc1cc2ccccc2o1)CC(O)COCc1ccco1. The van der Waals surface area contributed by atoms with Crippen LogP contribution in [0.5, 0.6) is 0 Å². The summed E-state index contributed by atoms with van der Waals surface area (Å²) in [5, 5.41) is 11.1. The summed E-state index contributed by atoms with van der Waals surface area (Å²) >= 11 is 0. The maximum absolute atomic E-state index is 10.0. The summed E-state index contributed by atoms with van der Waals surface area (Å²) in [4.78, 5) is 2.01. The first-order valence-corrected chi connectivity index (χ1v) is 7.65. The second-order valence-corrected chi connectivity index (χ2v) is 5.70. The maximum Gasteiger partial charge on any atom is 0.134 e. The lowest BCUT2D eigenvalue weighted by Crippen LogP contribution is -2.31. The van der Waals surface area contributed by atoms with Gasteiger partial charge in [-0.3, -0.25) is 4.90 Å². The standard InChI is InChI=1S/C18H21NO4/c1-19(10-15(20)12-21-13-16-6-4-8-22-16)11-17-9-14-5-2-3-7-18(14)23-17/h2-9,15,20H,10-13H2,1H3. The molecular formula is C18H21NO4. The Kier molecular flexibility index (Phi) is 5.12. The van der Waals surface area contributed by atoms with E-state index in [1.54, 1.807) is 6.26 Å². The fourth-order valence-electron chi connectivity index (χ4n) is 2.55. The molecule has 5 heteroatoms. The fraction of sp³-hybridized carbons (Fsp3) is 0.333. The Labute approximate surface area is 135 Å². The van der Waals surface area contributed by atoms with Gasteiger partial charge in [0.1, 0.15) is 23.7 Å². The zero-order valence-electron chi connectivity index (χ0n) is 13.1. The van der Waals surface area contributed by atoms with E-state index in [9.17, 15) is 5.11 Å². The van der Waals surface area contributed by atoms with Crippen molar-refractivity contribution in [3.63, 3.8) is 0 Å². The molecule has 1 unspecified atom stereocenters. The Hall–Kier alpha value is -2.08. The van der Waals surface area contributed by atoms with Crippen LogP contribution in [-0.2, 0) is 17.9 Å². The first-order chi connectivity index (χ1) is 11.2. The topological polar surface area (TPSA) is 59.0 Å². The van der Waals surface area contributed by atoms with Crippen molar-refractivity contribution in [1.29, 1.82) is 0 Å². The van der Waals surface area contributed by atoms with Crippen LogP contribution >= 0.6 is 0 Å². The molecule has 5 nitrogen and oxygen atoms in total. The summed E-state index contributed by atoms with van der Waals surface area (Å²) < 4.78 is 16.4. The van der Waals surface area contributed by atoms with E-state index in [0.29, 0.717) is 19.7 Å². The minimum absolute atomic E-state index is 0.269. The monoisotopic (exact) mass is 315 g/mol. The average molecular weight is 315 g/mol. The normalized spacial score (nSPS) is 13.0. The third-order valence-electron chi connectivity index (χ3n) is 3.56. The van der Waals surface area contributed by atoms with Gasteiger partial charge in [0.05, 0.1) is 25.5 Å². The van der Waals surface area contributed by atoms with Gasteiger partial charge in [-0.05, 0) is 31.3 Å². The van der Waals surface area contributed by atoms with Crippen LogP contribution in [0.15, 0.2) is 57.6 Å². The number of hydrogen-bond acceptors (Lipinski definition) is 5. The second kappa shape index (κ2) is 7.46. The molecule has 2 heterocycles. The van der Waals surface area contributed by atoms with Gasteiger partial charge in [-0.15, -0.1) is 0 Å². The van der Waals surface area contributed by atoms with Gasteiger partial charge in [-0.1, -0.05) is 18.2 Å². The molecule has 122 valence electrons. The fourth-order valence-corrected chi connectivity index (χ4v) is 2.55. The smallest absolute Gasteiger partial charge is 0.134 e. The van der Waals surface area contributed by atoms with Crippen molar-refractivity contribution in [1.82, 2.24) is 4.90 Å². The molecule has 1 aromatic carbocycles. The van der Waals surface area contributed by atoms with Crippen LogP contribution < -0.4 is 0 Å². The van der Waals surface area contributed by atoms with Gasteiger partial charge in [0.25, 0.3) is 0 Å². The zero-order chi connectivity index (χ0) is 16.1. The van der Waals surface area contributed by atoms with E-state index < -0.39 is 6.10 Å². The van der Waals surface area contributed by atoms with E-state index in [-0.39, 0.29) is 6.61 Å². The van der Waals surface area contributed by atoms with Crippen molar-refractivity contribution in [2.24, 2.45) is 0 Å². The van der Waals surface area contributed by atoms with Crippen molar-refractivity contribution in [2.45, 2.75) is 19.3 Å². The van der Waals surface area contributed by atoms with Gasteiger partial charge in [0.2, 0.25) is 0 Å². The molecule has 1 N–H and O–H groups in total. The quantitative estimate of drug-likeness (QED) is 0.692. The van der Waals surface area contributed by atoms with Crippen LogP contribution in [-0.4, -0.2) is 36.3 Å². The van der Waals surface area contributed by atoms with Gasteiger partial charge < -0.3 is 18.7 Å². The highest BCUT2D eigenvalue weighted by atomic mass is 16.5. The van der Waals surface area contributed by atoms with Gasteiger partial charge in [-0.2, -0.15) is 0 Å². The van der Waals surface area contributed by atoms with Gasteiger partial charge in [-0.25, -0.2) is 0 Å². The first-order valence-electron chi connectivity index (χ1n) is 7.65. The number of para-hydroxylation sites is 1. The largest absolute Gasteiger partial charge is 0.467 e. The summed E-state index contributed by atoms with van der Waals surface area (Å²) in [6, 6.07) is 13.6. The molecule has 0 spiro atoms. The van der Waals surface area contributed by atoms with Crippen molar-refractivity contribution < 1.29 is 18.7 Å². The highest BCUT2D eigenvalue weighted by Gasteiger charge is 2.11. The van der Waals surface area contributed by atoms with E-state index in [0.717, 1.165) is 22.5 Å². The molecule has 0 aliphatic rings. The summed E-state index contributed by atoms with van der Waals surface area (Å²) in [6.07, 6.45) is 1.05. The minimum atomic E-state index is -0.556. The molecule has 0 aliphatic heterocycles. The lowest BCUT2D eigenvalue weighted by molar-refractivity contribution is 0.00706. The Balaban J connectivity index is 1.43. The van der Waals surface area contributed by atoms with Gasteiger partial charge >= 0.3 is 0 Å². The molecule has 0 saturated carbocycles. The Morgan fingerprint density at radius 1 is 1.17 bits per heavy atom. The average Bonchev–Trinajstić information content (AvgIpc) is 3.15. The third-order valence-corrected chi connectivity index (χ3v) is 3.56. The molecule has 0 fully saturated rings. The molecule has 0 saturated heterocycles. The Morgan fingerprint density at radius 2 is 2.04 bits per heavy atom.